The lowest BCUT2D eigenvalue weighted by molar-refractivity contribution is 0.301. The van der Waals surface area contributed by atoms with Crippen LogP contribution in [0.3, 0.4) is 0 Å². The number of rotatable bonds is 5. The summed E-state index contributed by atoms with van der Waals surface area (Å²) in [5.74, 6) is 2.32. The van der Waals surface area contributed by atoms with Crippen molar-refractivity contribution >= 4 is 15.9 Å². The molecule has 0 saturated carbocycles. The fourth-order valence-corrected chi connectivity index (χ4v) is 1.32. The van der Waals surface area contributed by atoms with Crippen LogP contribution in [0, 0.1) is 18.2 Å². The zero-order valence-electron chi connectivity index (χ0n) is 8.09. The molecule has 0 radical (unpaired) electrons. The van der Waals surface area contributed by atoms with Crippen LogP contribution in [0.1, 0.15) is 0 Å². The Bertz CT molecular complexity index is 362. The predicted molar refractivity (Wildman–Crippen MR) is 61.3 cm³/mol. The van der Waals surface area contributed by atoms with Gasteiger partial charge in [0.1, 0.15) is 6.61 Å². The second-order valence-corrected chi connectivity index (χ2v) is 3.72. The second kappa shape index (κ2) is 6.44. The molecular weight excluding hydrogens is 261 g/mol. The summed E-state index contributed by atoms with van der Waals surface area (Å²) in [7, 11) is 0. The summed E-state index contributed by atoms with van der Waals surface area (Å²) >= 11 is 3.17. The molecule has 15 heavy (non-hydrogen) atoms. The zero-order chi connectivity index (χ0) is 11.1. The van der Waals surface area contributed by atoms with Crippen molar-refractivity contribution in [2.24, 2.45) is 0 Å². The van der Waals surface area contributed by atoms with Crippen molar-refractivity contribution in [3.8, 4) is 18.1 Å². The number of hydrogen-bond acceptors (Lipinski definition) is 2. The molecule has 0 aliphatic heterocycles. The molecule has 0 amide bonds. The Hall–Kier alpha value is -1.05. The van der Waals surface area contributed by atoms with E-state index in [2.05, 4.69) is 27.2 Å². The molecule has 0 aromatic heterocycles. The van der Waals surface area contributed by atoms with Crippen LogP contribution in [0.4, 0.5) is 4.39 Å². The van der Waals surface area contributed by atoms with Crippen LogP contribution in [-0.2, 0) is 0 Å². The van der Waals surface area contributed by atoms with E-state index in [0.29, 0.717) is 24.2 Å². The number of nitrogens with one attached hydrogen (secondary N) is 1. The highest BCUT2D eigenvalue weighted by atomic mass is 79.9. The molecule has 0 aliphatic rings. The van der Waals surface area contributed by atoms with Crippen LogP contribution in [0.25, 0.3) is 0 Å². The first-order valence-corrected chi connectivity index (χ1v) is 5.25. The molecule has 0 heterocycles. The highest BCUT2D eigenvalue weighted by Gasteiger charge is 2.02. The smallest absolute Gasteiger partial charge is 0.166 e. The highest BCUT2D eigenvalue weighted by molar-refractivity contribution is 9.10. The van der Waals surface area contributed by atoms with Gasteiger partial charge in [0.05, 0.1) is 6.54 Å². The number of ether oxygens (including phenoxy) is 1. The molecule has 80 valence electrons. The van der Waals surface area contributed by atoms with Gasteiger partial charge in [0.15, 0.2) is 11.6 Å². The maximum Gasteiger partial charge on any atom is 0.166 e. The maximum atomic E-state index is 13.2. The lowest BCUT2D eigenvalue weighted by Gasteiger charge is -2.07. The molecule has 2 nitrogen and oxygen atoms in total. The summed E-state index contributed by atoms with van der Waals surface area (Å²) in [5, 5.41) is 2.94. The first kappa shape index (κ1) is 12.0. The number of halogens is 2. The Balaban J connectivity index is 2.35. The standard InChI is InChI=1S/C11H11BrFNO/c1-2-5-14-6-7-15-11-4-3-9(12)8-10(11)13/h1,3-4,8,14H,5-7H2. The van der Waals surface area contributed by atoms with Crippen LogP contribution >= 0.6 is 15.9 Å². The first-order chi connectivity index (χ1) is 7.24. The molecule has 0 saturated heterocycles. The van der Waals surface area contributed by atoms with E-state index >= 15 is 0 Å². The molecule has 0 spiro atoms. The SMILES string of the molecule is C#CCNCCOc1ccc(Br)cc1F. The summed E-state index contributed by atoms with van der Waals surface area (Å²) in [4.78, 5) is 0. The molecule has 1 N–H and O–H groups in total. The van der Waals surface area contributed by atoms with E-state index < -0.39 is 0 Å². The van der Waals surface area contributed by atoms with Crippen molar-refractivity contribution in [3.05, 3.63) is 28.5 Å². The van der Waals surface area contributed by atoms with Gasteiger partial charge < -0.3 is 10.1 Å². The van der Waals surface area contributed by atoms with Gasteiger partial charge in [-0.3, -0.25) is 0 Å². The molecule has 1 aromatic carbocycles. The van der Waals surface area contributed by atoms with Crippen molar-refractivity contribution in [1.82, 2.24) is 5.32 Å². The quantitative estimate of drug-likeness (QED) is 0.655. The van der Waals surface area contributed by atoms with E-state index in [4.69, 9.17) is 11.2 Å². The third-order valence-electron chi connectivity index (χ3n) is 1.66. The predicted octanol–water partition coefficient (Wildman–Crippen LogP) is 2.19. The number of benzene rings is 1. The lowest BCUT2D eigenvalue weighted by atomic mass is 10.3. The third-order valence-corrected chi connectivity index (χ3v) is 2.15. The largest absolute Gasteiger partial charge is 0.489 e. The Morgan fingerprint density at radius 3 is 3.00 bits per heavy atom. The van der Waals surface area contributed by atoms with Gasteiger partial charge in [0.25, 0.3) is 0 Å². The van der Waals surface area contributed by atoms with Gasteiger partial charge in [-0.25, -0.2) is 4.39 Å². The van der Waals surface area contributed by atoms with Crippen molar-refractivity contribution in [2.75, 3.05) is 19.7 Å². The summed E-state index contributed by atoms with van der Waals surface area (Å²) in [6.45, 7) is 1.48. The Kier molecular flexibility index (Phi) is 5.16. The fraction of sp³-hybridized carbons (Fsp3) is 0.273. The Labute approximate surface area is 97.0 Å². The summed E-state index contributed by atoms with van der Waals surface area (Å²) < 4.78 is 19.1. The van der Waals surface area contributed by atoms with Gasteiger partial charge in [-0.05, 0) is 18.2 Å². The van der Waals surface area contributed by atoms with Crippen molar-refractivity contribution in [3.63, 3.8) is 0 Å². The van der Waals surface area contributed by atoms with Gasteiger partial charge in [-0.1, -0.05) is 21.9 Å². The summed E-state index contributed by atoms with van der Waals surface area (Å²) in [6.07, 6.45) is 5.04. The zero-order valence-corrected chi connectivity index (χ0v) is 9.68. The van der Waals surface area contributed by atoms with Gasteiger partial charge in [-0.15, -0.1) is 6.42 Å². The van der Waals surface area contributed by atoms with E-state index in [-0.39, 0.29) is 11.6 Å². The molecule has 0 unspecified atom stereocenters. The molecule has 1 rings (SSSR count). The maximum absolute atomic E-state index is 13.2. The summed E-state index contributed by atoms with van der Waals surface area (Å²) in [5.41, 5.74) is 0. The minimum absolute atomic E-state index is 0.251. The van der Waals surface area contributed by atoms with E-state index in [1.165, 1.54) is 6.07 Å². The van der Waals surface area contributed by atoms with Crippen molar-refractivity contribution < 1.29 is 9.13 Å². The van der Waals surface area contributed by atoms with Crippen LogP contribution in [0.15, 0.2) is 22.7 Å². The minimum Gasteiger partial charge on any atom is -0.489 e. The van der Waals surface area contributed by atoms with E-state index in [9.17, 15) is 4.39 Å². The van der Waals surface area contributed by atoms with Gasteiger partial charge in [0.2, 0.25) is 0 Å². The van der Waals surface area contributed by atoms with Crippen molar-refractivity contribution in [2.45, 2.75) is 0 Å². The average molecular weight is 272 g/mol. The second-order valence-electron chi connectivity index (χ2n) is 2.80. The Morgan fingerprint density at radius 1 is 1.53 bits per heavy atom. The van der Waals surface area contributed by atoms with Gasteiger partial charge in [0, 0.05) is 11.0 Å². The summed E-state index contributed by atoms with van der Waals surface area (Å²) in [6, 6.07) is 4.68. The Morgan fingerprint density at radius 2 is 2.33 bits per heavy atom. The van der Waals surface area contributed by atoms with Crippen LogP contribution in [0.2, 0.25) is 0 Å². The van der Waals surface area contributed by atoms with E-state index in [1.807, 2.05) is 0 Å². The highest BCUT2D eigenvalue weighted by Crippen LogP contribution is 2.21. The molecule has 1 aromatic rings. The molecule has 0 fully saturated rings. The minimum atomic E-state index is -0.374. The van der Waals surface area contributed by atoms with Crippen LogP contribution in [0.5, 0.6) is 5.75 Å². The normalized spacial score (nSPS) is 9.67. The molecule has 0 aliphatic carbocycles. The monoisotopic (exact) mass is 271 g/mol. The average Bonchev–Trinajstić information content (AvgIpc) is 2.20. The fourth-order valence-electron chi connectivity index (χ4n) is 0.986. The third kappa shape index (κ3) is 4.32. The van der Waals surface area contributed by atoms with Gasteiger partial charge >= 0.3 is 0 Å². The van der Waals surface area contributed by atoms with Crippen molar-refractivity contribution in [1.29, 1.82) is 0 Å². The lowest BCUT2D eigenvalue weighted by Crippen LogP contribution is -2.21. The first-order valence-electron chi connectivity index (χ1n) is 4.46. The molecular formula is C11H11BrFNO. The topological polar surface area (TPSA) is 21.3 Å². The van der Waals surface area contributed by atoms with Crippen LogP contribution in [-0.4, -0.2) is 19.7 Å². The van der Waals surface area contributed by atoms with E-state index in [0.717, 1.165) is 0 Å². The number of terminal acetylenes is 1. The number of hydrogen-bond donors (Lipinski definition) is 1. The van der Waals surface area contributed by atoms with Gasteiger partial charge in [-0.2, -0.15) is 0 Å². The molecule has 0 bridgehead atoms. The van der Waals surface area contributed by atoms with Crippen LogP contribution < -0.4 is 10.1 Å². The molecule has 4 heteroatoms. The molecule has 0 atom stereocenters. The van der Waals surface area contributed by atoms with E-state index in [1.54, 1.807) is 12.1 Å².